The summed E-state index contributed by atoms with van der Waals surface area (Å²) < 4.78 is 0. The van der Waals surface area contributed by atoms with E-state index in [1.165, 1.54) is 0 Å². The Morgan fingerprint density at radius 2 is 0.276 bits per heavy atom. The molecule has 0 saturated carbocycles. The quantitative estimate of drug-likeness (QED) is 0.0186. The maximum atomic E-state index is 12.9. The van der Waals surface area contributed by atoms with Crippen molar-refractivity contribution in [3.8, 4) is 0 Å². The van der Waals surface area contributed by atoms with E-state index in [1.54, 1.807) is 371 Å². The van der Waals surface area contributed by atoms with Crippen LogP contribution in [0.15, 0.2) is 386 Å². The summed E-state index contributed by atoms with van der Waals surface area (Å²) in [5.41, 5.74) is 2.36. The molecule has 0 bridgehead atoms. The Morgan fingerprint density at radius 3 is 0.362 bits per heavy atom. The van der Waals surface area contributed by atoms with Gasteiger partial charge < -0.3 is 25.5 Å². The molecule has 15 heteroatoms. The Morgan fingerprint density at radius 1 is 0.200 bits per heavy atom. The zero-order chi connectivity index (χ0) is 73.3. The van der Waals surface area contributed by atoms with Gasteiger partial charge in [-0.1, -0.05) is 387 Å². The van der Waals surface area contributed by atoms with Crippen LogP contribution in [-0.4, -0.2) is 58.0 Å². The van der Waals surface area contributed by atoms with E-state index in [0.717, 1.165) is 0 Å². The van der Waals surface area contributed by atoms with Gasteiger partial charge in [0.15, 0.2) is 46.3 Å². The van der Waals surface area contributed by atoms with E-state index in [4.69, 9.17) is 5.11 Å². The number of carbonyl (C=O) groups is 8. The average Bonchev–Trinajstić information content (AvgIpc) is 0.828. The number of aliphatic hydroxyl groups is 1. The molecule has 0 saturated heterocycles. The second kappa shape index (κ2) is 44.1. The molecule has 0 spiro atoms. The van der Waals surface area contributed by atoms with Crippen LogP contribution in [0.4, 0.5) is 0 Å². The van der Waals surface area contributed by atoms with Crippen LogP contribution in [0.2, 0.25) is 0 Å². The number of carbonyl (C=O) groups excluding carboxylic acids is 8. The third-order valence-corrected chi connectivity index (χ3v) is 15.2. The van der Waals surface area contributed by atoms with Gasteiger partial charge in [0.2, 0.25) is 0 Å². The molecule has 0 amide bonds. The predicted molar refractivity (Wildman–Crippen MR) is 392 cm³/mol. The Kier molecular flexibility index (Phi) is 34.9. The van der Waals surface area contributed by atoms with Gasteiger partial charge in [-0.05, 0) is 29.2 Å². The van der Waals surface area contributed by atoms with Crippen molar-refractivity contribution in [2.75, 3.05) is 6.61 Å². The molecule has 0 aliphatic rings. The second-order valence-electron chi connectivity index (χ2n) is 22.2. The predicted octanol–water partition coefficient (Wildman–Crippen LogP) is 11.1. The first-order valence-corrected chi connectivity index (χ1v) is 32.4. The van der Waals surface area contributed by atoms with Crippen molar-refractivity contribution in [1.82, 2.24) is 0 Å². The van der Waals surface area contributed by atoms with Gasteiger partial charge in [0, 0.05) is 51.1 Å². The molecule has 1 N–H and O–H groups in total. The van der Waals surface area contributed by atoms with Gasteiger partial charge in [0.05, 0.1) is 22.3 Å². The normalized spacial score (nSPS) is 9.77. The van der Waals surface area contributed by atoms with Crippen LogP contribution in [0.1, 0.15) is 112 Å². The molecule has 0 heterocycles. The monoisotopic (exact) mass is 1570 g/mol. The van der Waals surface area contributed by atoms with Crippen molar-refractivity contribution < 1.29 is 162 Å². The number of rotatable bonds is 20. The van der Waals surface area contributed by atoms with Crippen LogP contribution in [0.3, 0.4) is 0 Å². The molecular weight excluding hydrogens is 1500 g/mol. The number of ketones is 8. The molecule has 1 radical (unpaired) electrons. The number of Topliss-reactive ketones (excluding diaryl/α,β-unsaturated/α-hetero) is 8. The summed E-state index contributed by atoms with van der Waals surface area (Å²) in [6.45, 7) is 1.93. The number of hydrogen-bond acceptors (Lipinski definition) is 13. The fourth-order valence-corrected chi connectivity index (χ4v) is 10.0. The number of aliphatic hydroxyl groups excluding tert-OH is 1. The largest absolute Gasteiger partial charge is 3.00 e. The SMILES string of the molecule is CCO.O=C(C(C(=O)c1ccccc1)=C([O-])c1ccccc1)c1ccccc1.O=C(C(C(=O)c1ccccc1)=C([O-])c1ccccc1)c1ccccc1.O=C(C(C(=O)c1ccccc1)=C([O-])c1ccccc1)c1ccccc1.O=C(C(C(=O)c1ccccc1)=C([O-])c1ccccc1)c1ccccc1.[K+].[Yb+3]. The Hall–Kier alpha value is -10.7. The molecule has 12 aromatic carbocycles. The standard InChI is InChI=1S/4C22H16O3.C2H6O.K.Yb/c4*23-20(16-10-4-1-5-11-16)19(21(24)17-12-6-2-7-13-17)22(25)18-14-8-3-9-15-18;1-2-3;;/h4*1-15,23H;3H,2H2,1H3;;/q;;;;;+1;+3/p-4. The third kappa shape index (κ3) is 23.6. The van der Waals surface area contributed by atoms with Crippen molar-refractivity contribution in [1.29, 1.82) is 0 Å². The molecule has 0 unspecified atom stereocenters. The summed E-state index contributed by atoms with van der Waals surface area (Å²) in [5, 5.41) is 59.2. The van der Waals surface area contributed by atoms with Gasteiger partial charge in [-0.15, -0.1) is 0 Å². The Balaban J connectivity index is 0.000000215. The zero-order valence-electron chi connectivity index (χ0n) is 57.0. The summed E-state index contributed by atoms with van der Waals surface area (Å²) in [6.07, 6.45) is 0. The summed E-state index contributed by atoms with van der Waals surface area (Å²) >= 11 is 0. The zero-order valence-corrected chi connectivity index (χ0v) is 61.8. The molecule has 13 nitrogen and oxygen atoms in total. The molecule has 0 atom stereocenters. The van der Waals surface area contributed by atoms with Gasteiger partial charge in [-0.3, -0.25) is 38.4 Å². The van der Waals surface area contributed by atoms with Crippen LogP contribution in [-0.2, 0) is 0 Å². The molecule has 0 aliphatic carbocycles. The minimum absolute atomic E-state index is 0. The molecule has 0 aromatic heterocycles. The van der Waals surface area contributed by atoms with Crippen molar-refractivity contribution in [3.05, 3.63) is 453 Å². The molecule has 12 rings (SSSR count). The third-order valence-electron chi connectivity index (χ3n) is 15.2. The van der Waals surface area contributed by atoms with Crippen molar-refractivity contribution >= 4 is 69.3 Å². The summed E-state index contributed by atoms with van der Waals surface area (Å²) in [5.74, 6) is -6.80. The van der Waals surface area contributed by atoms with E-state index in [0.29, 0.717) is 66.8 Å². The molecule has 0 fully saturated rings. The minimum atomic E-state index is -0.566. The minimum Gasteiger partial charge on any atom is -0.871 e. The first-order valence-electron chi connectivity index (χ1n) is 32.4. The average molecular weight is 1570 g/mol. The maximum absolute atomic E-state index is 12.9. The topological polar surface area (TPSA) is 249 Å². The smallest absolute Gasteiger partial charge is 0.871 e. The van der Waals surface area contributed by atoms with E-state index in [2.05, 4.69) is 0 Å². The van der Waals surface area contributed by atoms with Gasteiger partial charge in [-0.2, -0.15) is 0 Å². The Labute approximate surface area is 690 Å². The van der Waals surface area contributed by atoms with E-state index >= 15 is 0 Å². The van der Waals surface area contributed by atoms with Crippen LogP contribution in [0, 0.1) is 46.9 Å². The summed E-state index contributed by atoms with van der Waals surface area (Å²) in [7, 11) is 0. The van der Waals surface area contributed by atoms with Crippen molar-refractivity contribution in [2.24, 2.45) is 0 Å². The van der Waals surface area contributed by atoms with Crippen molar-refractivity contribution in [2.45, 2.75) is 6.92 Å². The number of hydrogen-bond donors (Lipinski definition) is 1. The first kappa shape index (κ1) is 83.2. The van der Waals surface area contributed by atoms with E-state index < -0.39 is 69.3 Å². The van der Waals surface area contributed by atoms with Crippen LogP contribution >= 0.6 is 0 Å². The fourth-order valence-electron chi connectivity index (χ4n) is 10.0. The molecule has 12 aromatic rings. The van der Waals surface area contributed by atoms with Gasteiger partial charge in [-0.25, -0.2) is 0 Å². The number of benzene rings is 12. The molecule has 0 aliphatic heterocycles. The van der Waals surface area contributed by atoms with Crippen LogP contribution in [0.25, 0.3) is 23.0 Å². The van der Waals surface area contributed by atoms with Gasteiger partial charge in [0.1, 0.15) is 0 Å². The van der Waals surface area contributed by atoms with Gasteiger partial charge in [0.25, 0.3) is 0 Å². The molecule has 519 valence electrons. The summed E-state index contributed by atoms with van der Waals surface area (Å²) in [6, 6.07) is 100. The fraction of sp³-hybridized carbons (Fsp3) is 0.0222. The number of allylic oxidation sites excluding steroid dienone is 4. The second-order valence-corrected chi connectivity index (χ2v) is 22.2. The first-order chi connectivity index (χ1) is 50.1. The Bertz CT molecular complexity index is 4100. The van der Waals surface area contributed by atoms with Gasteiger partial charge >= 0.3 is 98.3 Å². The summed E-state index contributed by atoms with van der Waals surface area (Å²) in [4.78, 5) is 103. The van der Waals surface area contributed by atoms with Crippen LogP contribution < -0.4 is 71.8 Å². The molecule has 105 heavy (non-hydrogen) atoms. The van der Waals surface area contributed by atoms with E-state index in [-0.39, 0.29) is 127 Å². The molecular formula is C90H66KO13Yb. The van der Waals surface area contributed by atoms with E-state index in [1.807, 2.05) is 0 Å². The van der Waals surface area contributed by atoms with Crippen LogP contribution in [0.5, 0.6) is 0 Å². The maximum Gasteiger partial charge on any atom is 3.00 e. The van der Waals surface area contributed by atoms with E-state index in [9.17, 15) is 58.8 Å². The van der Waals surface area contributed by atoms with Crippen molar-refractivity contribution in [3.63, 3.8) is 0 Å².